The Morgan fingerprint density at radius 2 is 1.86 bits per heavy atom. The van der Waals surface area contributed by atoms with E-state index >= 15 is 0 Å². The van der Waals surface area contributed by atoms with Crippen LogP contribution in [0.1, 0.15) is 32.6 Å². The highest BCUT2D eigenvalue weighted by atomic mass is 35.5. The van der Waals surface area contributed by atoms with Crippen LogP contribution in [0.5, 0.6) is 11.5 Å². The normalized spacial score (nSPS) is 14.3. The minimum atomic E-state index is -0.519. The number of amides is 2. The van der Waals surface area contributed by atoms with E-state index < -0.39 is 11.8 Å². The number of thiocarbonyl (C=S) groups is 1. The van der Waals surface area contributed by atoms with Gasteiger partial charge in [-0.25, -0.2) is 0 Å². The molecule has 6 nitrogen and oxygen atoms in total. The van der Waals surface area contributed by atoms with Crippen LogP contribution in [0, 0.1) is 13.8 Å². The van der Waals surface area contributed by atoms with Gasteiger partial charge in [-0.1, -0.05) is 65.3 Å². The molecule has 0 aliphatic carbocycles. The third-order valence-corrected chi connectivity index (χ3v) is 6.95. The SMILES string of the molecule is COc1cc(/C=C2\SC(=S)N(NC(=O)c3ccc(C)cc3Cl)C2=O)ccc1OCc1cccc(C)c1. The Morgan fingerprint density at radius 1 is 1.08 bits per heavy atom. The highest BCUT2D eigenvalue weighted by Crippen LogP contribution is 2.34. The van der Waals surface area contributed by atoms with Crippen LogP contribution in [0.15, 0.2) is 65.6 Å². The number of hydrazine groups is 1. The van der Waals surface area contributed by atoms with Crippen molar-refractivity contribution < 1.29 is 19.1 Å². The highest BCUT2D eigenvalue weighted by molar-refractivity contribution is 8.26. The lowest BCUT2D eigenvalue weighted by atomic mass is 10.1. The van der Waals surface area contributed by atoms with E-state index in [4.69, 9.17) is 33.3 Å². The van der Waals surface area contributed by atoms with Crippen molar-refractivity contribution in [3.05, 3.63) is 98.4 Å². The van der Waals surface area contributed by atoms with E-state index in [0.717, 1.165) is 39.0 Å². The molecule has 1 aliphatic rings. The number of aryl methyl sites for hydroxylation is 2. The molecule has 4 rings (SSSR count). The first-order chi connectivity index (χ1) is 17.2. The van der Waals surface area contributed by atoms with E-state index in [-0.39, 0.29) is 9.88 Å². The second-order valence-electron chi connectivity index (χ2n) is 8.13. The van der Waals surface area contributed by atoms with E-state index in [1.54, 1.807) is 43.5 Å². The van der Waals surface area contributed by atoms with Crippen LogP contribution >= 0.6 is 35.6 Å². The van der Waals surface area contributed by atoms with Gasteiger partial charge in [0.1, 0.15) is 6.61 Å². The molecule has 184 valence electrons. The minimum Gasteiger partial charge on any atom is -0.493 e. The summed E-state index contributed by atoms with van der Waals surface area (Å²) in [6.07, 6.45) is 1.69. The molecule has 1 fully saturated rings. The van der Waals surface area contributed by atoms with E-state index in [1.807, 2.05) is 38.1 Å². The molecule has 0 radical (unpaired) electrons. The second-order valence-corrected chi connectivity index (χ2v) is 10.2. The van der Waals surface area contributed by atoms with Gasteiger partial charge < -0.3 is 9.47 Å². The first-order valence-electron chi connectivity index (χ1n) is 11.0. The third kappa shape index (κ3) is 5.90. The fourth-order valence-corrected chi connectivity index (χ4v) is 5.04. The maximum Gasteiger partial charge on any atom is 0.285 e. The molecule has 0 unspecified atom stereocenters. The van der Waals surface area contributed by atoms with Gasteiger partial charge >= 0.3 is 0 Å². The molecule has 2 amide bonds. The Labute approximate surface area is 224 Å². The van der Waals surface area contributed by atoms with E-state index in [1.165, 1.54) is 0 Å². The zero-order chi connectivity index (χ0) is 25.8. The molecule has 1 heterocycles. The van der Waals surface area contributed by atoms with E-state index in [0.29, 0.717) is 28.0 Å². The molecule has 3 aromatic carbocycles. The number of methoxy groups -OCH3 is 1. The number of benzene rings is 3. The van der Waals surface area contributed by atoms with Gasteiger partial charge in [0.15, 0.2) is 15.8 Å². The summed E-state index contributed by atoms with van der Waals surface area (Å²) in [5.74, 6) is 0.176. The van der Waals surface area contributed by atoms with E-state index in [2.05, 4.69) is 11.5 Å². The van der Waals surface area contributed by atoms with Crippen molar-refractivity contribution in [2.75, 3.05) is 7.11 Å². The van der Waals surface area contributed by atoms with Crippen LogP contribution in [-0.2, 0) is 11.4 Å². The van der Waals surface area contributed by atoms with Gasteiger partial charge in [0.2, 0.25) is 0 Å². The number of nitrogens with one attached hydrogen (secondary N) is 1. The molecule has 9 heteroatoms. The van der Waals surface area contributed by atoms with Gasteiger partial charge in [0.25, 0.3) is 11.8 Å². The predicted molar refractivity (Wildman–Crippen MR) is 147 cm³/mol. The number of hydrogen-bond donors (Lipinski definition) is 1. The molecule has 1 N–H and O–H groups in total. The Bertz CT molecular complexity index is 1390. The molecule has 1 saturated heterocycles. The number of carbonyl (C=O) groups is 2. The van der Waals surface area contributed by atoms with Crippen molar-refractivity contribution in [3.8, 4) is 11.5 Å². The van der Waals surface area contributed by atoms with Crippen molar-refractivity contribution in [2.24, 2.45) is 0 Å². The molecule has 3 aromatic rings. The number of ether oxygens (including phenoxy) is 2. The maximum atomic E-state index is 13.0. The zero-order valence-corrected chi connectivity index (χ0v) is 22.2. The summed E-state index contributed by atoms with van der Waals surface area (Å²) in [6, 6.07) is 18.5. The zero-order valence-electron chi connectivity index (χ0n) is 19.8. The number of thioether (sulfide) groups is 1. The summed E-state index contributed by atoms with van der Waals surface area (Å²) in [4.78, 5) is 26.0. The van der Waals surface area contributed by atoms with Crippen molar-refractivity contribution in [2.45, 2.75) is 20.5 Å². The molecular formula is C27H23ClN2O4S2. The molecule has 1 aliphatic heterocycles. The quantitative estimate of drug-likeness (QED) is 0.290. The summed E-state index contributed by atoms with van der Waals surface area (Å²) >= 11 is 12.6. The summed E-state index contributed by atoms with van der Waals surface area (Å²) in [7, 11) is 1.56. The molecule has 36 heavy (non-hydrogen) atoms. The molecular weight excluding hydrogens is 516 g/mol. The first kappa shape index (κ1) is 25.8. The van der Waals surface area contributed by atoms with Crippen LogP contribution < -0.4 is 14.9 Å². The van der Waals surface area contributed by atoms with Gasteiger partial charge in [-0.05, 0) is 73.1 Å². The molecule has 0 atom stereocenters. The number of carbonyl (C=O) groups excluding carboxylic acids is 2. The van der Waals surface area contributed by atoms with Crippen LogP contribution in [0.4, 0.5) is 0 Å². The maximum absolute atomic E-state index is 13.0. The Kier molecular flexibility index (Phi) is 7.98. The lowest BCUT2D eigenvalue weighted by Crippen LogP contribution is -2.44. The Hall–Kier alpha value is -3.33. The lowest BCUT2D eigenvalue weighted by Gasteiger charge is -2.16. The van der Waals surface area contributed by atoms with Gasteiger partial charge in [-0.2, -0.15) is 5.01 Å². The number of nitrogens with zero attached hydrogens (tertiary/aromatic N) is 1. The summed E-state index contributed by atoms with van der Waals surface area (Å²) in [5.41, 5.74) is 6.67. The fraction of sp³-hybridized carbons (Fsp3) is 0.148. The Balaban J connectivity index is 1.47. The standard InChI is InChI=1S/C27H23ClN2O4S2/c1-16-5-4-6-19(11-16)15-34-22-10-8-18(13-23(22)33-3)14-24-26(32)30(27(35)36-24)29-25(31)20-9-7-17(2)12-21(20)28/h4-14H,15H2,1-3H3,(H,29,31)/b24-14-. The van der Waals surface area contributed by atoms with Crippen molar-refractivity contribution in [3.63, 3.8) is 0 Å². The van der Waals surface area contributed by atoms with Crippen LogP contribution in [0.25, 0.3) is 6.08 Å². The summed E-state index contributed by atoms with van der Waals surface area (Å²) in [6.45, 7) is 4.31. The van der Waals surface area contributed by atoms with Gasteiger partial charge in [-0.15, -0.1) is 0 Å². The van der Waals surface area contributed by atoms with Gasteiger partial charge in [0.05, 0.1) is 22.6 Å². The summed E-state index contributed by atoms with van der Waals surface area (Å²) < 4.78 is 11.7. The number of hydrogen-bond acceptors (Lipinski definition) is 6. The predicted octanol–water partition coefficient (Wildman–Crippen LogP) is 6.09. The van der Waals surface area contributed by atoms with Gasteiger partial charge in [-0.3, -0.25) is 15.0 Å². The average molecular weight is 539 g/mol. The lowest BCUT2D eigenvalue weighted by molar-refractivity contribution is -0.123. The van der Waals surface area contributed by atoms with Crippen molar-refractivity contribution in [1.82, 2.24) is 10.4 Å². The topological polar surface area (TPSA) is 67.9 Å². The molecule has 0 bridgehead atoms. The fourth-order valence-electron chi connectivity index (χ4n) is 3.54. The van der Waals surface area contributed by atoms with Crippen molar-refractivity contribution in [1.29, 1.82) is 0 Å². The van der Waals surface area contributed by atoms with Crippen LogP contribution in [0.3, 0.4) is 0 Å². The molecule has 0 spiro atoms. The number of rotatable bonds is 7. The molecule has 0 saturated carbocycles. The largest absolute Gasteiger partial charge is 0.493 e. The monoisotopic (exact) mass is 538 g/mol. The Morgan fingerprint density at radius 3 is 2.58 bits per heavy atom. The number of halogens is 1. The summed E-state index contributed by atoms with van der Waals surface area (Å²) in [5, 5.41) is 1.35. The van der Waals surface area contributed by atoms with Gasteiger partial charge in [0, 0.05) is 0 Å². The second kappa shape index (κ2) is 11.2. The third-order valence-electron chi connectivity index (χ3n) is 5.34. The minimum absolute atomic E-state index is 0.216. The average Bonchev–Trinajstić information content (AvgIpc) is 3.10. The molecule has 0 aromatic heterocycles. The first-order valence-corrected chi connectivity index (χ1v) is 12.6. The highest BCUT2D eigenvalue weighted by Gasteiger charge is 2.34. The van der Waals surface area contributed by atoms with Crippen molar-refractivity contribution >= 4 is 57.8 Å². The van der Waals surface area contributed by atoms with E-state index in [9.17, 15) is 9.59 Å². The van der Waals surface area contributed by atoms with Crippen LogP contribution in [0.2, 0.25) is 5.02 Å². The smallest absolute Gasteiger partial charge is 0.285 e. The van der Waals surface area contributed by atoms with Crippen LogP contribution in [-0.4, -0.2) is 28.3 Å².